The highest BCUT2D eigenvalue weighted by atomic mass is 31.2. The summed E-state index contributed by atoms with van der Waals surface area (Å²) < 4.78 is 23.2. The number of rotatable bonds is 39. The van der Waals surface area contributed by atoms with Crippen LogP contribution in [-0.2, 0) is 18.4 Å². The molecule has 8 nitrogen and oxygen atoms in total. The van der Waals surface area contributed by atoms with Gasteiger partial charge in [-0.15, -0.1) is 0 Å². The second-order valence-electron chi connectivity index (χ2n) is 16.0. The number of amides is 1. The summed E-state index contributed by atoms with van der Waals surface area (Å²) in [6.07, 6.45) is 40.7. The van der Waals surface area contributed by atoms with Crippen molar-refractivity contribution in [3.05, 3.63) is 24.3 Å². The van der Waals surface area contributed by atoms with Gasteiger partial charge in [-0.3, -0.25) is 9.36 Å². The van der Waals surface area contributed by atoms with E-state index < -0.39 is 20.0 Å². The number of hydrogen-bond acceptors (Lipinski definition) is 6. The van der Waals surface area contributed by atoms with E-state index in [-0.39, 0.29) is 19.1 Å². The molecule has 0 bridgehead atoms. The molecule has 0 spiro atoms. The molecule has 3 atom stereocenters. The normalized spacial score (nSPS) is 14.7. The van der Waals surface area contributed by atoms with E-state index in [1.54, 1.807) is 6.08 Å². The molecule has 2 N–H and O–H groups in total. The van der Waals surface area contributed by atoms with E-state index >= 15 is 0 Å². The zero-order valence-corrected chi connectivity index (χ0v) is 35.7. The largest absolute Gasteiger partial charge is 0.756 e. The molecule has 0 aliphatic rings. The Hall–Kier alpha value is -1.02. The summed E-state index contributed by atoms with van der Waals surface area (Å²) in [4.78, 5) is 25.2. The molecule has 0 saturated heterocycles. The SMILES string of the molecule is CCCCCCCC/C=C\CCCCCC(=O)NC(COP(=O)([O-])OCC[N+](C)(C)C)C(O)/C=C/CCCCCCCCCCCCCCCCC. The Balaban J connectivity index is 4.46. The van der Waals surface area contributed by atoms with Gasteiger partial charge in [0.05, 0.1) is 39.9 Å². The third kappa shape index (κ3) is 37.3. The lowest BCUT2D eigenvalue weighted by molar-refractivity contribution is -0.870. The number of nitrogens with zero attached hydrogens (tertiary/aromatic N) is 1. The third-order valence-corrected chi connectivity index (χ3v) is 10.6. The Labute approximate surface area is 322 Å². The molecule has 0 radical (unpaired) electrons. The van der Waals surface area contributed by atoms with Crippen LogP contribution >= 0.6 is 7.82 Å². The number of nitrogens with one attached hydrogen (secondary N) is 1. The average Bonchev–Trinajstić information content (AvgIpc) is 3.09. The van der Waals surface area contributed by atoms with Crippen LogP contribution in [0.25, 0.3) is 0 Å². The first kappa shape index (κ1) is 51.0. The lowest BCUT2D eigenvalue weighted by atomic mass is 10.0. The highest BCUT2D eigenvalue weighted by molar-refractivity contribution is 7.45. The van der Waals surface area contributed by atoms with Crippen molar-refractivity contribution in [3.63, 3.8) is 0 Å². The van der Waals surface area contributed by atoms with E-state index in [0.29, 0.717) is 17.4 Å². The summed E-state index contributed by atoms with van der Waals surface area (Å²) in [5.74, 6) is -0.214. The van der Waals surface area contributed by atoms with Crippen molar-refractivity contribution in [3.8, 4) is 0 Å². The minimum absolute atomic E-state index is 0.00273. The molecule has 0 aliphatic heterocycles. The fraction of sp³-hybridized carbons (Fsp3) is 0.884. The van der Waals surface area contributed by atoms with Crippen LogP contribution in [0.15, 0.2) is 24.3 Å². The first-order chi connectivity index (χ1) is 25.0. The number of allylic oxidation sites excluding steroid dienone is 3. The Kier molecular flexibility index (Phi) is 35.0. The van der Waals surface area contributed by atoms with Crippen molar-refractivity contribution in [1.82, 2.24) is 5.32 Å². The van der Waals surface area contributed by atoms with Crippen LogP contribution < -0.4 is 10.2 Å². The lowest BCUT2D eigenvalue weighted by Crippen LogP contribution is -2.45. The molecule has 3 unspecified atom stereocenters. The molecule has 0 rings (SSSR count). The molecule has 0 heterocycles. The summed E-state index contributed by atoms with van der Waals surface area (Å²) in [6, 6.07) is -0.890. The van der Waals surface area contributed by atoms with Crippen molar-refractivity contribution in [1.29, 1.82) is 0 Å². The van der Waals surface area contributed by atoms with E-state index in [1.807, 2.05) is 27.2 Å². The zero-order valence-electron chi connectivity index (χ0n) is 34.8. The highest BCUT2D eigenvalue weighted by Crippen LogP contribution is 2.38. The Morgan fingerprint density at radius 3 is 1.50 bits per heavy atom. The molecule has 0 aromatic heterocycles. The van der Waals surface area contributed by atoms with E-state index in [0.717, 1.165) is 51.4 Å². The summed E-state index contributed by atoms with van der Waals surface area (Å²) in [5, 5.41) is 13.7. The Bertz CT molecular complexity index is 907. The minimum atomic E-state index is -4.58. The number of hydrogen-bond donors (Lipinski definition) is 2. The first-order valence-electron chi connectivity index (χ1n) is 21.7. The molecule has 1 amide bonds. The molecule has 0 fully saturated rings. The van der Waals surface area contributed by atoms with Crippen molar-refractivity contribution in [2.45, 2.75) is 206 Å². The van der Waals surface area contributed by atoms with Gasteiger partial charge in [0, 0.05) is 6.42 Å². The van der Waals surface area contributed by atoms with Gasteiger partial charge in [0.25, 0.3) is 7.82 Å². The number of aliphatic hydroxyl groups is 1. The van der Waals surface area contributed by atoms with Crippen LogP contribution in [0, 0.1) is 0 Å². The van der Waals surface area contributed by atoms with Gasteiger partial charge in [-0.1, -0.05) is 167 Å². The monoisotopic (exact) mass is 757 g/mol. The molecule has 0 aromatic rings. The van der Waals surface area contributed by atoms with Crippen LogP contribution in [0.2, 0.25) is 0 Å². The van der Waals surface area contributed by atoms with Gasteiger partial charge in [0.1, 0.15) is 13.2 Å². The number of aliphatic hydroxyl groups excluding tert-OH is 1. The number of carbonyl (C=O) groups excluding carboxylic acids is 1. The van der Waals surface area contributed by atoms with E-state index in [4.69, 9.17) is 9.05 Å². The van der Waals surface area contributed by atoms with Crippen LogP contribution in [0.4, 0.5) is 0 Å². The molecular weight excluding hydrogens is 671 g/mol. The summed E-state index contributed by atoms with van der Waals surface area (Å²) >= 11 is 0. The van der Waals surface area contributed by atoms with Gasteiger partial charge in [0.2, 0.25) is 5.91 Å². The number of unbranched alkanes of at least 4 members (excludes halogenated alkanes) is 24. The Morgan fingerprint density at radius 2 is 1.06 bits per heavy atom. The number of carbonyl (C=O) groups is 1. The molecule has 0 aliphatic carbocycles. The summed E-state index contributed by atoms with van der Waals surface area (Å²) in [7, 11) is 1.25. The smallest absolute Gasteiger partial charge is 0.268 e. The zero-order chi connectivity index (χ0) is 38.6. The third-order valence-electron chi connectivity index (χ3n) is 9.66. The predicted octanol–water partition coefficient (Wildman–Crippen LogP) is 11.1. The van der Waals surface area contributed by atoms with E-state index in [1.165, 1.54) is 122 Å². The lowest BCUT2D eigenvalue weighted by Gasteiger charge is -2.29. The Morgan fingerprint density at radius 1 is 0.654 bits per heavy atom. The van der Waals surface area contributed by atoms with Crippen LogP contribution in [0.5, 0.6) is 0 Å². The van der Waals surface area contributed by atoms with Gasteiger partial charge in [-0.05, 0) is 44.9 Å². The second kappa shape index (κ2) is 35.7. The van der Waals surface area contributed by atoms with Crippen LogP contribution in [-0.4, -0.2) is 68.5 Å². The van der Waals surface area contributed by atoms with Crippen LogP contribution in [0.1, 0.15) is 194 Å². The fourth-order valence-electron chi connectivity index (χ4n) is 6.15. The van der Waals surface area contributed by atoms with Crippen LogP contribution in [0.3, 0.4) is 0 Å². The van der Waals surface area contributed by atoms with Gasteiger partial charge < -0.3 is 28.8 Å². The summed E-state index contributed by atoms with van der Waals surface area (Å²) in [6.45, 7) is 4.62. The average molecular weight is 757 g/mol. The van der Waals surface area contributed by atoms with Gasteiger partial charge in [-0.25, -0.2) is 0 Å². The molecule has 52 heavy (non-hydrogen) atoms. The van der Waals surface area contributed by atoms with Gasteiger partial charge in [-0.2, -0.15) is 0 Å². The molecular formula is C43H85N2O6P. The molecule has 0 saturated carbocycles. The number of quaternary nitrogens is 1. The number of phosphoric ester groups is 1. The minimum Gasteiger partial charge on any atom is -0.756 e. The summed E-state index contributed by atoms with van der Waals surface area (Å²) in [5.41, 5.74) is 0. The van der Waals surface area contributed by atoms with E-state index in [2.05, 4.69) is 31.3 Å². The maximum absolute atomic E-state index is 12.8. The number of phosphoric acid groups is 1. The second-order valence-corrected chi connectivity index (χ2v) is 17.5. The quantitative estimate of drug-likeness (QED) is 0.0280. The fourth-order valence-corrected chi connectivity index (χ4v) is 6.87. The molecule has 308 valence electrons. The van der Waals surface area contributed by atoms with E-state index in [9.17, 15) is 19.4 Å². The topological polar surface area (TPSA) is 108 Å². The maximum atomic E-state index is 12.8. The predicted molar refractivity (Wildman–Crippen MR) is 219 cm³/mol. The highest BCUT2D eigenvalue weighted by Gasteiger charge is 2.23. The van der Waals surface area contributed by atoms with Crippen molar-refractivity contribution < 1.29 is 32.9 Å². The van der Waals surface area contributed by atoms with Crippen molar-refractivity contribution >= 4 is 13.7 Å². The van der Waals surface area contributed by atoms with Crippen molar-refractivity contribution in [2.24, 2.45) is 0 Å². The molecule has 0 aromatic carbocycles. The van der Waals surface area contributed by atoms with Gasteiger partial charge in [0.15, 0.2) is 0 Å². The van der Waals surface area contributed by atoms with Crippen molar-refractivity contribution in [2.75, 3.05) is 40.9 Å². The van der Waals surface area contributed by atoms with Gasteiger partial charge >= 0.3 is 0 Å². The maximum Gasteiger partial charge on any atom is 0.268 e. The number of likely N-dealkylation sites (N-methyl/N-ethyl adjacent to an activating group) is 1. The molecule has 9 heteroatoms. The first-order valence-corrected chi connectivity index (χ1v) is 23.2. The standard InChI is InChI=1S/C43H85N2O6P/c1-6-8-10-12-14-16-18-20-21-22-23-25-26-28-30-32-34-36-42(46)41(40-51-52(48,49)50-39-38-45(3,4)5)44-43(47)37-35-33-31-29-27-24-19-17-15-13-11-9-7-2/h24,27,34,36,41-42,46H,6-23,25-26,28-33,35,37-40H2,1-5H3,(H-,44,47,48,49)/b27-24-,36-34+.